The molecule has 1 aromatic carbocycles. The van der Waals surface area contributed by atoms with E-state index in [2.05, 4.69) is 25.6 Å². The number of aromatic nitrogens is 5. The average molecular weight is 641 g/mol. The molecule has 2 aliphatic heterocycles. The first kappa shape index (κ1) is 32.4. The number of hydrogen-bond donors (Lipinski definition) is 2. The van der Waals surface area contributed by atoms with Crippen LogP contribution in [0.2, 0.25) is 0 Å². The number of nitrogens with one attached hydrogen (secondary N) is 2. The molecule has 2 N–H and O–H groups in total. The van der Waals surface area contributed by atoms with Crippen LogP contribution in [-0.2, 0) is 14.3 Å². The van der Waals surface area contributed by atoms with Crippen LogP contribution in [0.4, 0.5) is 22.0 Å². The number of imidazole rings is 1. The molecule has 0 saturated carbocycles. The number of hydrogen-bond acceptors (Lipinski definition) is 9. The lowest BCUT2D eigenvalue weighted by atomic mass is 9.96. The number of carbonyl (C=O) groups is 2. The maximum atomic E-state index is 13.1. The Hall–Kier alpha value is -4.58. The quantitative estimate of drug-likeness (QED) is 0.219. The van der Waals surface area contributed by atoms with E-state index in [1.165, 1.54) is 0 Å². The molecule has 2 saturated heterocycles. The van der Waals surface area contributed by atoms with Crippen LogP contribution in [0.15, 0.2) is 49.2 Å². The minimum atomic E-state index is -0.529. The first-order valence-electron chi connectivity index (χ1n) is 16.5. The van der Waals surface area contributed by atoms with Crippen LogP contribution < -0.4 is 10.6 Å². The second-order valence-electron chi connectivity index (χ2n) is 13.4. The van der Waals surface area contributed by atoms with Gasteiger partial charge < -0.3 is 25.0 Å². The number of amides is 2. The van der Waals surface area contributed by atoms with Crippen molar-refractivity contribution in [3.63, 3.8) is 0 Å². The predicted octanol–water partition coefficient (Wildman–Crippen LogP) is 7.01. The molecule has 12 heteroatoms. The average Bonchev–Trinajstić information content (AvgIpc) is 3.35. The Morgan fingerprint density at radius 2 is 1.89 bits per heavy atom. The number of carbonyl (C=O) groups excluding carboxylic acids is 2. The van der Waals surface area contributed by atoms with Gasteiger partial charge in [0.05, 0.1) is 6.33 Å². The molecule has 0 radical (unpaired) electrons. The molecule has 2 atom stereocenters. The Labute approximate surface area is 275 Å². The van der Waals surface area contributed by atoms with Crippen molar-refractivity contribution in [2.75, 3.05) is 30.3 Å². The Kier molecular flexibility index (Phi) is 9.67. The molecule has 248 valence electrons. The predicted molar refractivity (Wildman–Crippen MR) is 180 cm³/mol. The highest BCUT2D eigenvalue weighted by atomic mass is 16.6. The van der Waals surface area contributed by atoms with Gasteiger partial charge in [0.25, 0.3) is 0 Å². The van der Waals surface area contributed by atoms with Crippen molar-refractivity contribution in [2.24, 2.45) is 5.92 Å². The summed E-state index contributed by atoms with van der Waals surface area (Å²) in [5, 5.41) is 6.56. The van der Waals surface area contributed by atoms with E-state index >= 15 is 0 Å². The fourth-order valence-electron chi connectivity index (χ4n) is 6.21. The van der Waals surface area contributed by atoms with Crippen molar-refractivity contribution in [1.29, 1.82) is 0 Å². The zero-order valence-corrected chi connectivity index (χ0v) is 27.7. The van der Waals surface area contributed by atoms with Gasteiger partial charge in [-0.15, -0.1) is 0 Å². The third-order valence-electron chi connectivity index (χ3n) is 8.64. The summed E-state index contributed by atoms with van der Waals surface area (Å²) in [6.45, 7) is 9.59. The highest BCUT2D eigenvalue weighted by Crippen LogP contribution is 2.34. The van der Waals surface area contributed by atoms with Crippen LogP contribution in [0.3, 0.4) is 0 Å². The van der Waals surface area contributed by atoms with Gasteiger partial charge in [0.1, 0.15) is 35.2 Å². The van der Waals surface area contributed by atoms with Crippen molar-refractivity contribution in [3.8, 4) is 11.3 Å². The molecule has 47 heavy (non-hydrogen) atoms. The molecule has 2 unspecified atom stereocenters. The SMILES string of the molecule is Cc1ccc(NC(=O)CC2CCCN(C(=O)OC(C)(C)C)CC2)cc1Nc1ncccc1-c1ncnc2c1ncn2C1CCCCO1. The largest absolute Gasteiger partial charge is 0.444 e. The van der Waals surface area contributed by atoms with Crippen LogP contribution in [0.25, 0.3) is 22.4 Å². The van der Waals surface area contributed by atoms with Crippen LogP contribution in [0.5, 0.6) is 0 Å². The third-order valence-corrected chi connectivity index (χ3v) is 8.64. The summed E-state index contributed by atoms with van der Waals surface area (Å²) in [5.41, 5.74) is 4.85. The molecule has 0 aliphatic carbocycles. The van der Waals surface area contributed by atoms with Crippen molar-refractivity contribution in [1.82, 2.24) is 29.4 Å². The van der Waals surface area contributed by atoms with E-state index < -0.39 is 5.60 Å². The van der Waals surface area contributed by atoms with Gasteiger partial charge >= 0.3 is 6.09 Å². The number of pyridine rings is 1. The number of anilines is 3. The molecule has 12 nitrogen and oxygen atoms in total. The zero-order chi connectivity index (χ0) is 33.0. The van der Waals surface area contributed by atoms with Crippen molar-refractivity contribution >= 4 is 40.4 Å². The normalized spacial score (nSPS) is 18.9. The second-order valence-corrected chi connectivity index (χ2v) is 13.4. The van der Waals surface area contributed by atoms with Crippen molar-refractivity contribution in [3.05, 3.63) is 54.7 Å². The smallest absolute Gasteiger partial charge is 0.410 e. The van der Waals surface area contributed by atoms with E-state index in [0.717, 1.165) is 67.6 Å². The first-order valence-corrected chi connectivity index (χ1v) is 16.5. The van der Waals surface area contributed by atoms with Crippen molar-refractivity contribution in [2.45, 2.75) is 84.5 Å². The molecular formula is C35H44N8O4. The first-order chi connectivity index (χ1) is 22.6. The van der Waals surface area contributed by atoms with E-state index in [1.54, 1.807) is 23.8 Å². The summed E-state index contributed by atoms with van der Waals surface area (Å²) >= 11 is 0. The molecular weight excluding hydrogens is 596 g/mol. The molecule has 2 fully saturated rings. The lowest BCUT2D eigenvalue weighted by Gasteiger charge is -2.26. The fraction of sp³-hybridized carbons (Fsp3) is 0.486. The minimum absolute atomic E-state index is 0.0463. The lowest BCUT2D eigenvalue weighted by molar-refractivity contribution is -0.117. The van der Waals surface area contributed by atoms with Gasteiger partial charge in [-0.3, -0.25) is 9.36 Å². The van der Waals surface area contributed by atoms with Gasteiger partial charge in [-0.25, -0.2) is 24.7 Å². The van der Waals surface area contributed by atoms with Gasteiger partial charge in [-0.05, 0) is 102 Å². The Bertz CT molecular complexity index is 1730. The van der Waals surface area contributed by atoms with Crippen LogP contribution in [0, 0.1) is 12.8 Å². The highest BCUT2D eigenvalue weighted by molar-refractivity contribution is 5.93. The summed E-state index contributed by atoms with van der Waals surface area (Å²) in [6.07, 6.45) is 10.7. The van der Waals surface area contributed by atoms with Gasteiger partial charge in [-0.1, -0.05) is 6.07 Å². The van der Waals surface area contributed by atoms with Gasteiger partial charge in [0.15, 0.2) is 5.65 Å². The summed E-state index contributed by atoms with van der Waals surface area (Å²) in [4.78, 5) is 46.0. The maximum absolute atomic E-state index is 13.1. The van der Waals surface area contributed by atoms with E-state index in [4.69, 9.17) is 14.5 Å². The minimum Gasteiger partial charge on any atom is -0.444 e. The monoisotopic (exact) mass is 640 g/mol. The van der Waals surface area contributed by atoms with Gasteiger partial charge in [0.2, 0.25) is 5.91 Å². The van der Waals surface area contributed by atoms with Gasteiger partial charge in [0, 0.05) is 49.3 Å². The molecule has 2 aliphatic rings. The standard InChI is InChI=1S/C35H44N8O4/c1-23-12-13-25(40-28(44)19-24-9-8-16-42(17-14-24)34(45)47-35(2,3)4)20-27(23)41-32-26(10-7-15-36-32)30-31-33(38-21-37-30)43(22-39-31)29-11-5-6-18-46-29/h7,10,12-13,15,20-22,24,29H,5-6,8-9,11,14,16-19H2,1-4H3,(H,36,41)(H,40,44). The van der Waals surface area contributed by atoms with Crippen LogP contribution in [-0.4, -0.2) is 66.7 Å². The van der Waals surface area contributed by atoms with E-state index in [9.17, 15) is 9.59 Å². The van der Waals surface area contributed by atoms with E-state index in [1.807, 2.05) is 62.6 Å². The number of likely N-dealkylation sites (tertiary alicyclic amines) is 1. The molecule has 2 amide bonds. The maximum Gasteiger partial charge on any atom is 0.410 e. The molecule has 6 rings (SSSR count). The Morgan fingerprint density at radius 3 is 2.70 bits per heavy atom. The highest BCUT2D eigenvalue weighted by Gasteiger charge is 2.26. The molecule has 0 spiro atoms. The topological polar surface area (TPSA) is 136 Å². The van der Waals surface area contributed by atoms with Gasteiger partial charge in [-0.2, -0.15) is 0 Å². The molecule has 4 aromatic rings. The second kappa shape index (κ2) is 14.0. The number of fused-ring (bicyclic) bond motifs is 1. The molecule has 3 aromatic heterocycles. The summed E-state index contributed by atoms with van der Waals surface area (Å²) in [7, 11) is 0. The van der Waals surface area contributed by atoms with Crippen molar-refractivity contribution < 1.29 is 19.1 Å². The third kappa shape index (κ3) is 7.87. The summed E-state index contributed by atoms with van der Waals surface area (Å²) in [5.74, 6) is 0.768. The zero-order valence-electron chi connectivity index (χ0n) is 27.7. The lowest BCUT2D eigenvalue weighted by Crippen LogP contribution is -2.37. The van der Waals surface area contributed by atoms with Crippen LogP contribution in [0.1, 0.15) is 77.5 Å². The van der Waals surface area contributed by atoms with E-state index in [-0.39, 0.29) is 24.1 Å². The number of nitrogens with zero attached hydrogens (tertiary/aromatic N) is 6. The van der Waals surface area contributed by atoms with E-state index in [0.29, 0.717) is 42.2 Å². The molecule has 0 bridgehead atoms. The summed E-state index contributed by atoms with van der Waals surface area (Å²) < 4.78 is 13.5. The Morgan fingerprint density at radius 1 is 1.02 bits per heavy atom. The number of aryl methyl sites for hydroxylation is 1. The number of ether oxygens (including phenoxy) is 2. The number of rotatable bonds is 7. The summed E-state index contributed by atoms with van der Waals surface area (Å²) in [6, 6.07) is 9.64. The molecule has 5 heterocycles. The number of benzene rings is 1. The Balaban J connectivity index is 1.14. The van der Waals surface area contributed by atoms with Crippen LogP contribution >= 0.6 is 0 Å². The fourth-order valence-corrected chi connectivity index (χ4v) is 6.21.